The minimum Gasteiger partial charge on any atom is -0.353 e. The van der Waals surface area contributed by atoms with Crippen LogP contribution >= 0.6 is 0 Å². The van der Waals surface area contributed by atoms with Gasteiger partial charge in [0.15, 0.2) is 0 Å². The lowest BCUT2D eigenvalue weighted by molar-refractivity contribution is -0.139. The number of nitrogens with one attached hydrogen (secondary N) is 1. The largest absolute Gasteiger partial charge is 0.353 e. The molecular weight excluding hydrogens is 346 g/mol. The zero-order chi connectivity index (χ0) is 18.6. The standard InChI is InChI=1S/C19H23N5O3/c25-16-12-24(11-8-20-16)17(26)13-23-9-6-15(7-10-23)19-21-18(22-27-19)14-4-2-1-3-5-14/h1-5,15H,6-13H2,(H,20,25). The summed E-state index contributed by atoms with van der Waals surface area (Å²) in [5.41, 5.74) is 0.945. The van der Waals surface area contributed by atoms with E-state index in [1.54, 1.807) is 4.90 Å². The summed E-state index contributed by atoms with van der Waals surface area (Å²) in [7, 11) is 0. The van der Waals surface area contributed by atoms with E-state index in [0.29, 0.717) is 31.3 Å². The topological polar surface area (TPSA) is 91.6 Å². The van der Waals surface area contributed by atoms with E-state index in [9.17, 15) is 9.59 Å². The molecule has 8 heteroatoms. The molecule has 0 atom stereocenters. The summed E-state index contributed by atoms with van der Waals surface area (Å²) in [6.07, 6.45) is 1.76. The monoisotopic (exact) mass is 369 g/mol. The second kappa shape index (κ2) is 7.87. The van der Waals surface area contributed by atoms with Crippen molar-refractivity contribution in [3.63, 3.8) is 0 Å². The van der Waals surface area contributed by atoms with Crippen LogP contribution in [0.1, 0.15) is 24.7 Å². The number of piperidine rings is 1. The van der Waals surface area contributed by atoms with Crippen LogP contribution in [0.15, 0.2) is 34.9 Å². The lowest BCUT2D eigenvalue weighted by atomic mass is 9.96. The molecule has 0 bridgehead atoms. The number of benzene rings is 1. The van der Waals surface area contributed by atoms with Crippen molar-refractivity contribution in [2.24, 2.45) is 0 Å². The fourth-order valence-electron chi connectivity index (χ4n) is 3.59. The molecule has 1 N–H and O–H groups in total. The second-order valence-corrected chi connectivity index (χ2v) is 7.04. The van der Waals surface area contributed by atoms with Crippen molar-refractivity contribution in [3.05, 3.63) is 36.2 Å². The molecule has 0 saturated carbocycles. The van der Waals surface area contributed by atoms with Gasteiger partial charge < -0.3 is 14.7 Å². The minimum atomic E-state index is -0.0843. The molecule has 2 amide bonds. The summed E-state index contributed by atoms with van der Waals surface area (Å²) < 4.78 is 5.48. The van der Waals surface area contributed by atoms with Gasteiger partial charge in [-0.2, -0.15) is 4.98 Å². The molecule has 0 unspecified atom stereocenters. The van der Waals surface area contributed by atoms with Gasteiger partial charge in [-0.3, -0.25) is 14.5 Å². The molecule has 2 aromatic rings. The molecule has 2 saturated heterocycles. The highest BCUT2D eigenvalue weighted by molar-refractivity contribution is 5.86. The van der Waals surface area contributed by atoms with Crippen LogP contribution in [0.3, 0.4) is 0 Å². The highest BCUT2D eigenvalue weighted by Gasteiger charge is 2.28. The third-order valence-corrected chi connectivity index (χ3v) is 5.16. The van der Waals surface area contributed by atoms with Gasteiger partial charge in [-0.25, -0.2) is 0 Å². The number of likely N-dealkylation sites (tertiary alicyclic amines) is 1. The Morgan fingerprint density at radius 1 is 1.19 bits per heavy atom. The zero-order valence-electron chi connectivity index (χ0n) is 15.1. The Kier molecular flexibility index (Phi) is 5.15. The maximum atomic E-state index is 12.4. The lowest BCUT2D eigenvalue weighted by Crippen LogP contribution is -2.52. The summed E-state index contributed by atoms with van der Waals surface area (Å²) in [4.78, 5) is 32.1. The van der Waals surface area contributed by atoms with Crippen molar-refractivity contribution < 1.29 is 14.1 Å². The van der Waals surface area contributed by atoms with Crippen LogP contribution in [0.25, 0.3) is 11.4 Å². The summed E-state index contributed by atoms with van der Waals surface area (Å²) >= 11 is 0. The Hall–Kier alpha value is -2.74. The number of nitrogens with zero attached hydrogens (tertiary/aromatic N) is 4. The lowest BCUT2D eigenvalue weighted by Gasteiger charge is -2.33. The van der Waals surface area contributed by atoms with Crippen molar-refractivity contribution >= 4 is 11.8 Å². The van der Waals surface area contributed by atoms with E-state index in [4.69, 9.17) is 4.52 Å². The van der Waals surface area contributed by atoms with E-state index in [1.807, 2.05) is 30.3 Å². The maximum absolute atomic E-state index is 12.4. The van der Waals surface area contributed by atoms with Gasteiger partial charge in [0.05, 0.1) is 13.1 Å². The predicted molar refractivity (Wildman–Crippen MR) is 97.7 cm³/mol. The van der Waals surface area contributed by atoms with Crippen LogP contribution in [0.5, 0.6) is 0 Å². The van der Waals surface area contributed by atoms with Crippen molar-refractivity contribution in [1.29, 1.82) is 0 Å². The van der Waals surface area contributed by atoms with Crippen molar-refractivity contribution in [2.75, 3.05) is 39.3 Å². The molecular formula is C19H23N5O3. The third kappa shape index (κ3) is 4.16. The Balaban J connectivity index is 1.30. The smallest absolute Gasteiger partial charge is 0.239 e. The van der Waals surface area contributed by atoms with E-state index >= 15 is 0 Å². The molecule has 2 aliphatic heterocycles. The van der Waals surface area contributed by atoms with E-state index in [0.717, 1.165) is 31.5 Å². The number of rotatable bonds is 4. The number of hydrogen-bond donors (Lipinski definition) is 1. The number of carbonyl (C=O) groups excluding carboxylic acids is 2. The highest BCUT2D eigenvalue weighted by Crippen LogP contribution is 2.28. The quantitative estimate of drug-likeness (QED) is 0.860. The Morgan fingerprint density at radius 2 is 1.96 bits per heavy atom. The van der Waals surface area contributed by atoms with Gasteiger partial charge in [0.2, 0.25) is 23.5 Å². The van der Waals surface area contributed by atoms with Crippen LogP contribution in [0.2, 0.25) is 0 Å². The van der Waals surface area contributed by atoms with Crippen molar-refractivity contribution in [3.8, 4) is 11.4 Å². The van der Waals surface area contributed by atoms with Gasteiger partial charge in [-0.1, -0.05) is 35.5 Å². The van der Waals surface area contributed by atoms with Crippen LogP contribution in [0.4, 0.5) is 0 Å². The number of carbonyl (C=O) groups is 2. The molecule has 3 heterocycles. The zero-order valence-corrected chi connectivity index (χ0v) is 15.1. The molecule has 8 nitrogen and oxygen atoms in total. The van der Waals surface area contributed by atoms with E-state index in [2.05, 4.69) is 20.4 Å². The van der Waals surface area contributed by atoms with Gasteiger partial charge in [0.25, 0.3) is 0 Å². The minimum absolute atomic E-state index is 0.0208. The summed E-state index contributed by atoms with van der Waals surface area (Å²) in [5.74, 6) is 1.45. The van der Waals surface area contributed by atoms with Crippen molar-refractivity contribution in [1.82, 2.24) is 25.3 Å². The molecule has 0 radical (unpaired) electrons. The summed E-state index contributed by atoms with van der Waals surface area (Å²) in [5, 5.41) is 6.84. The van der Waals surface area contributed by atoms with E-state index < -0.39 is 0 Å². The first-order chi connectivity index (χ1) is 13.2. The van der Waals surface area contributed by atoms with Gasteiger partial charge in [-0.05, 0) is 25.9 Å². The van der Waals surface area contributed by atoms with Gasteiger partial charge in [0, 0.05) is 24.6 Å². The molecule has 1 aromatic carbocycles. The van der Waals surface area contributed by atoms with Crippen LogP contribution < -0.4 is 5.32 Å². The number of piperazine rings is 1. The molecule has 4 rings (SSSR count). The number of amides is 2. The van der Waals surface area contributed by atoms with Gasteiger partial charge in [0.1, 0.15) is 0 Å². The molecule has 0 spiro atoms. The Labute approximate surface area is 157 Å². The summed E-state index contributed by atoms with van der Waals surface area (Å²) in [6, 6.07) is 9.78. The predicted octanol–water partition coefficient (Wildman–Crippen LogP) is 0.874. The van der Waals surface area contributed by atoms with E-state index in [1.165, 1.54) is 0 Å². The Morgan fingerprint density at radius 3 is 2.70 bits per heavy atom. The van der Waals surface area contributed by atoms with Crippen LogP contribution in [-0.4, -0.2) is 71.0 Å². The number of aromatic nitrogens is 2. The first-order valence-electron chi connectivity index (χ1n) is 9.35. The second-order valence-electron chi connectivity index (χ2n) is 7.04. The van der Waals surface area contributed by atoms with Gasteiger partial charge in [-0.15, -0.1) is 0 Å². The SMILES string of the molecule is O=C1CN(C(=O)CN2CCC(c3nc(-c4ccccc4)no3)CC2)CCN1. The van der Waals surface area contributed by atoms with Gasteiger partial charge >= 0.3 is 0 Å². The number of hydrogen-bond acceptors (Lipinski definition) is 6. The molecule has 2 aliphatic rings. The summed E-state index contributed by atoms with van der Waals surface area (Å²) in [6.45, 7) is 3.26. The highest BCUT2D eigenvalue weighted by atomic mass is 16.5. The fraction of sp³-hybridized carbons (Fsp3) is 0.474. The molecule has 142 valence electrons. The fourth-order valence-corrected chi connectivity index (χ4v) is 3.59. The average molecular weight is 369 g/mol. The molecule has 2 fully saturated rings. The maximum Gasteiger partial charge on any atom is 0.239 e. The normalized spacial score (nSPS) is 19.1. The van der Waals surface area contributed by atoms with Crippen molar-refractivity contribution in [2.45, 2.75) is 18.8 Å². The van der Waals surface area contributed by atoms with Crippen LogP contribution in [-0.2, 0) is 9.59 Å². The first-order valence-corrected chi connectivity index (χ1v) is 9.35. The van der Waals surface area contributed by atoms with Crippen LogP contribution in [0, 0.1) is 0 Å². The molecule has 0 aliphatic carbocycles. The third-order valence-electron chi connectivity index (χ3n) is 5.16. The first kappa shape index (κ1) is 17.7. The Bertz CT molecular complexity index is 799. The molecule has 27 heavy (non-hydrogen) atoms. The average Bonchev–Trinajstić information content (AvgIpc) is 3.19. The molecule has 1 aromatic heterocycles. The van der Waals surface area contributed by atoms with E-state index in [-0.39, 0.29) is 24.3 Å².